The van der Waals surface area contributed by atoms with E-state index in [1.165, 1.54) is 5.01 Å². The molecule has 0 amide bonds. The van der Waals surface area contributed by atoms with Crippen LogP contribution >= 0.6 is 35.3 Å². The molecule has 0 aromatic carbocycles. The number of guanidine groups is 1. The Kier molecular flexibility index (Phi) is 10.7. The third-order valence-electron chi connectivity index (χ3n) is 2.97. The number of halogens is 1. The zero-order chi connectivity index (χ0) is 15.0. The fourth-order valence-electron chi connectivity index (χ4n) is 1.80. The average molecular weight is 422 g/mol. The van der Waals surface area contributed by atoms with Crippen molar-refractivity contribution in [3.8, 4) is 0 Å². The molecule has 1 heterocycles. The van der Waals surface area contributed by atoms with E-state index in [4.69, 9.17) is 0 Å². The third kappa shape index (κ3) is 7.26. The van der Waals surface area contributed by atoms with Crippen molar-refractivity contribution in [3.63, 3.8) is 0 Å². The van der Waals surface area contributed by atoms with E-state index in [2.05, 4.69) is 53.0 Å². The van der Waals surface area contributed by atoms with Crippen LogP contribution in [-0.4, -0.2) is 36.5 Å². The van der Waals surface area contributed by atoms with Crippen molar-refractivity contribution in [1.29, 1.82) is 0 Å². The molecule has 21 heavy (non-hydrogen) atoms. The fourth-order valence-corrected chi connectivity index (χ4v) is 2.64. The summed E-state index contributed by atoms with van der Waals surface area (Å²) in [6.45, 7) is 9.78. The highest BCUT2D eigenvalue weighted by molar-refractivity contribution is 14.0. The SMILES string of the molecule is C=CCCCN(C)C(=NC)NCc1csc(C(C)C)n1.I. The van der Waals surface area contributed by atoms with Crippen molar-refractivity contribution in [3.05, 3.63) is 28.7 Å². The van der Waals surface area contributed by atoms with Gasteiger partial charge in [-0.1, -0.05) is 19.9 Å². The highest BCUT2D eigenvalue weighted by atomic mass is 127. The van der Waals surface area contributed by atoms with Crippen LogP contribution in [0.25, 0.3) is 0 Å². The summed E-state index contributed by atoms with van der Waals surface area (Å²) in [7, 11) is 3.87. The largest absolute Gasteiger partial charge is 0.351 e. The predicted molar refractivity (Wildman–Crippen MR) is 104 cm³/mol. The van der Waals surface area contributed by atoms with E-state index in [-0.39, 0.29) is 24.0 Å². The van der Waals surface area contributed by atoms with Gasteiger partial charge in [-0.3, -0.25) is 4.99 Å². The van der Waals surface area contributed by atoms with Gasteiger partial charge < -0.3 is 10.2 Å². The molecular formula is C15H27IN4S. The number of rotatable bonds is 7. The van der Waals surface area contributed by atoms with Crippen LogP contribution in [0.2, 0.25) is 0 Å². The lowest BCUT2D eigenvalue weighted by Gasteiger charge is -2.21. The van der Waals surface area contributed by atoms with Gasteiger partial charge in [-0.05, 0) is 12.8 Å². The topological polar surface area (TPSA) is 40.5 Å². The van der Waals surface area contributed by atoms with E-state index < -0.39 is 0 Å². The number of hydrogen-bond donors (Lipinski definition) is 1. The molecule has 4 nitrogen and oxygen atoms in total. The van der Waals surface area contributed by atoms with E-state index >= 15 is 0 Å². The van der Waals surface area contributed by atoms with Crippen LogP contribution in [0.4, 0.5) is 0 Å². The molecule has 0 saturated carbocycles. The smallest absolute Gasteiger partial charge is 0.193 e. The molecule has 1 rings (SSSR count). The Bertz CT molecular complexity index is 443. The molecule has 0 atom stereocenters. The number of unbranched alkanes of at least 4 members (excludes halogenated alkanes) is 1. The van der Waals surface area contributed by atoms with Gasteiger partial charge in [0, 0.05) is 31.9 Å². The monoisotopic (exact) mass is 422 g/mol. The van der Waals surface area contributed by atoms with Crippen LogP contribution < -0.4 is 5.32 Å². The highest BCUT2D eigenvalue weighted by Gasteiger charge is 2.08. The fraction of sp³-hybridized carbons (Fsp3) is 0.600. The first-order valence-electron chi connectivity index (χ1n) is 7.05. The summed E-state index contributed by atoms with van der Waals surface area (Å²) in [5, 5.41) is 6.67. The molecule has 120 valence electrons. The number of aromatic nitrogens is 1. The second-order valence-electron chi connectivity index (χ2n) is 5.09. The Hall–Kier alpha value is -0.630. The van der Waals surface area contributed by atoms with Gasteiger partial charge in [0.15, 0.2) is 5.96 Å². The van der Waals surface area contributed by atoms with E-state index in [0.29, 0.717) is 5.92 Å². The Morgan fingerprint density at radius 2 is 2.29 bits per heavy atom. The van der Waals surface area contributed by atoms with Crippen LogP contribution in [-0.2, 0) is 6.54 Å². The zero-order valence-electron chi connectivity index (χ0n) is 13.4. The van der Waals surface area contributed by atoms with Gasteiger partial charge >= 0.3 is 0 Å². The van der Waals surface area contributed by atoms with Crippen molar-refractivity contribution in [2.75, 3.05) is 20.6 Å². The minimum Gasteiger partial charge on any atom is -0.351 e. The summed E-state index contributed by atoms with van der Waals surface area (Å²) < 4.78 is 0. The molecule has 0 aliphatic carbocycles. The van der Waals surface area contributed by atoms with Gasteiger partial charge in [0.1, 0.15) is 0 Å². The first-order valence-corrected chi connectivity index (χ1v) is 7.93. The molecule has 0 saturated heterocycles. The van der Waals surface area contributed by atoms with Gasteiger partial charge in [-0.25, -0.2) is 4.98 Å². The lowest BCUT2D eigenvalue weighted by Crippen LogP contribution is -2.39. The van der Waals surface area contributed by atoms with E-state index in [1.807, 2.05) is 13.1 Å². The molecule has 1 N–H and O–H groups in total. The number of hydrogen-bond acceptors (Lipinski definition) is 3. The normalized spacial score (nSPS) is 11.2. The molecule has 0 unspecified atom stereocenters. The maximum absolute atomic E-state index is 4.62. The lowest BCUT2D eigenvalue weighted by molar-refractivity contribution is 0.469. The van der Waals surface area contributed by atoms with Crippen LogP contribution in [0.1, 0.15) is 43.3 Å². The van der Waals surface area contributed by atoms with Crippen molar-refractivity contribution in [1.82, 2.24) is 15.2 Å². The number of nitrogens with zero attached hydrogens (tertiary/aromatic N) is 3. The molecule has 1 aromatic heterocycles. The van der Waals surface area contributed by atoms with Crippen molar-refractivity contribution >= 4 is 41.3 Å². The molecule has 1 aromatic rings. The number of aliphatic imine (C=N–C) groups is 1. The molecule has 0 aliphatic rings. The quantitative estimate of drug-likeness (QED) is 0.239. The Balaban J connectivity index is 0.00000400. The second kappa shape index (κ2) is 11.0. The molecular weight excluding hydrogens is 395 g/mol. The summed E-state index contributed by atoms with van der Waals surface area (Å²) in [6, 6.07) is 0. The minimum atomic E-state index is 0. The molecule has 0 bridgehead atoms. The maximum atomic E-state index is 4.62. The summed E-state index contributed by atoms with van der Waals surface area (Å²) in [4.78, 5) is 11.1. The zero-order valence-corrected chi connectivity index (χ0v) is 16.6. The third-order valence-corrected chi connectivity index (χ3v) is 4.16. The maximum Gasteiger partial charge on any atom is 0.193 e. The van der Waals surface area contributed by atoms with Gasteiger partial charge in [0.25, 0.3) is 0 Å². The number of allylic oxidation sites excluding steroid dienone is 1. The Labute approximate surface area is 149 Å². The molecule has 0 aliphatic heterocycles. The van der Waals surface area contributed by atoms with Gasteiger partial charge in [-0.2, -0.15) is 0 Å². The predicted octanol–water partition coefficient (Wildman–Crippen LogP) is 3.86. The molecule has 6 heteroatoms. The van der Waals surface area contributed by atoms with Crippen LogP contribution in [0.3, 0.4) is 0 Å². The van der Waals surface area contributed by atoms with Crippen molar-refractivity contribution in [2.45, 2.75) is 39.2 Å². The average Bonchev–Trinajstić information content (AvgIpc) is 2.89. The van der Waals surface area contributed by atoms with Gasteiger partial charge in [0.05, 0.1) is 17.2 Å². The molecule has 0 fully saturated rings. The van der Waals surface area contributed by atoms with Gasteiger partial charge in [0.2, 0.25) is 0 Å². The number of thiazole rings is 1. The summed E-state index contributed by atoms with van der Waals surface area (Å²) in [5.41, 5.74) is 1.08. The second-order valence-corrected chi connectivity index (χ2v) is 5.97. The van der Waals surface area contributed by atoms with E-state index in [1.54, 1.807) is 11.3 Å². The summed E-state index contributed by atoms with van der Waals surface area (Å²) in [6.07, 6.45) is 4.08. The van der Waals surface area contributed by atoms with E-state index in [0.717, 1.165) is 37.6 Å². The summed E-state index contributed by atoms with van der Waals surface area (Å²) in [5.74, 6) is 1.41. The summed E-state index contributed by atoms with van der Waals surface area (Å²) >= 11 is 1.73. The highest BCUT2D eigenvalue weighted by Crippen LogP contribution is 2.18. The van der Waals surface area contributed by atoms with Crippen LogP contribution in [0.5, 0.6) is 0 Å². The Morgan fingerprint density at radius 3 is 2.81 bits per heavy atom. The van der Waals surface area contributed by atoms with Crippen LogP contribution in [0.15, 0.2) is 23.0 Å². The Morgan fingerprint density at radius 1 is 1.57 bits per heavy atom. The first-order chi connectivity index (χ1) is 9.58. The number of nitrogens with one attached hydrogen (secondary N) is 1. The first kappa shape index (κ1) is 20.4. The standard InChI is InChI=1S/C15H26N4S.HI/c1-6-7-8-9-19(5)15(16-4)17-10-13-11-20-14(18-13)12(2)3;/h6,11-12H,1,7-10H2,2-5H3,(H,16,17);1H. The molecule has 0 spiro atoms. The van der Waals surface area contributed by atoms with Crippen LogP contribution in [0, 0.1) is 0 Å². The lowest BCUT2D eigenvalue weighted by atomic mass is 10.2. The molecule has 0 radical (unpaired) electrons. The minimum absolute atomic E-state index is 0. The van der Waals surface area contributed by atoms with E-state index in [9.17, 15) is 0 Å². The van der Waals surface area contributed by atoms with Crippen molar-refractivity contribution < 1.29 is 0 Å². The van der Waals surface area contributed by atoms with Crippen molar-refractivity contribution in [2.24, 2.45) is 4.99 Å². The van der Waals surface area contributed by atoms with Gasteiger partial charge in [-0.15, -0.1) is 41.9 Å².